The van der Waals surface area contributed by atoms with Gasteiger partial charge in [0.05, 0.1) is 31.1 Å². The summed E-state index contributed by atoms with van der Waals surface area (Å²) in [5, 5.41) is 0.449. The first-order valence-electron chi connectivity index (χ1n) is 9.32. The standard InChI is InChI=1S/C21H22N2O4S2/c1-14-3-5-15(6-4-14)11-20(24)22-21-23(16-7-9-17(27-2)10-8-16)18-12-29(25,26)13-19(18)28-21/h3-10,18-19H,11-13H2,1-2H3/t18-,19-/m1/s1. The Kier molecular flexibility index (Phi) is 5.40. The number of hydrogen-bond acceptors (Lipinski definition) is 5. The number of aryl methyl sites for hydroxylation is 1. The number of aliphatic imine (C=N–C) groups is 1. The number of ether oxygens (including phenoxy) is 1. The van der Waals surface area contributed by atoms with Crippen LogP contribution in [0.1, 0.15) is 11.1 Å². The van der Waals surface area contributed by atoms with Gasteiger partial charge in [0.25, 0.3) is 5.91 Å². The van der Waals surface area contributed by atoms with Gasteiger partial charge in [-0.2, -0.15) is 4.99 Å². The molecule has 0 bridgehead atoms. The van der Waals surface area contributed by atoms with Gasteiger partial charge in [-0.15, -0.1) is 0 Å². The van der Waals surface area contributed by atoms with Crippen LogP contribution in [0.2, 0.25) is 0 Å². The summed E-state index contributed by atoms with van der Waals surface area (Å²) in [6.45, 7) is 2.00. The number of fused-ring (bicyclic) bond motifs is 1. The summed E-state index contributed by atoms with van der Waals surface area (Å²) in [5.74, 6) is 0.657. The van der Waals surface area contributed by atoms with Crippen molar-refractivity contribution in [1.82, 2.24) is 0 Å². The number of carbonyl (C=O) groups excluding carboxylic acids is 1. The Balaban J connectivity index is 1.62. The van der Waals surface area contributed by atoms with Crippen molar-refractivity contribution in [3.8, 4) is 5.75 Å². The zero-order valence-electron chi connectivity index (χ0n) is 16.2. The topological polar surface area (TPSA) is 76.0 Å². The predicted octanol–water partition coefficient (Wildman–Crippen LogP) is 2.85. The maximum absolute atomic E-state index is 12.6. The van der Waals surface area contributed by atoms with E-state index in [0.717, 1.165) is 16.8 Å². The van der Waals surface area contributed by atoms with Crippen molar-refractivity contribution in [3.05, 3.63) is 59.7 Å². The first-order valence-corrected chi connectivity index (χ1v) is 12.0. The first-order chi connectivity index (χ1) is 13.8. The van der Waals surface area contributed by atoms with Crippen LogP contribution in [0.15, 0.2) is 53.5 Å². The van der Waals surface area contributed by atoms with Crippen LogP contribution in [-0.4, -0.2) is 49.4 Å². The smallest absolute Gasteiger partial charge is 0.252 e. The Bertz CT molecular complexity index is 1050. The summed E-state index contributed by atoms with van der Waals surface area (Å²) in [6, 6.07) is 15.0. The second-order valence-electron chi connectivity index (χ2n) is 7.32. The van der Waals surface area contributed by atoms with E-state index in [1.165, 1.54) is 11.8 Å². The molecule has 1 amide bonds. The van der Waals surface area contributed by atoms with Gasteiger partial charge in [0.1, 0.15) is 5.75 Å². The number of hydrogen-bond donors (Lipinski definition) is 0. The van der Waals surface area contributed by atoms with Crippen molar-refractivity contribution >= 4 is 38.4 Å². The van der Waals surface area contributed by atoms with Crippen molar-refractivity contribution in [2.24, 2.45) is 4.99 Å². The zero-order valence-corrected chi connectivity index (χ0v) is 17.9. The second kappa shape index (κ2) is 7.84. The van der Waals surface area contributed by atoms with Crippen LogP contribution in [0, 0.1) is 6.92 Å². The minimum Gasteiger partial charge on any atom is -0.497 e. The lowest BCUT2D eigenvalue weighted by Crippen LogP contribution is -2.37. The lowest BCUT2D eigenvalue weighted by Gasteiger charge is -2.24. The molecule has 2 aliphatic heterocycles. The Morgan fingerprint density at radius 3 is 2.48 bits per heavy atom. The van der Waals surface area contributed by atoms with E-state index in [1.807, 2.05) is 60.4 Å². The molecule has 152 valence electrons. The molecule has 2 saturated heterocycles. The van der Waals surface area contributed by atoms with Gasteiger partial charge in [0, 0.05) is 10.9 Å². The van der Waals surface area contributed by atoms with E-state index < -0.39 is 9.84 Å². The van der Waals surface area contributed by atoms with E-state index in [9.17, 15) is 13.2 Å². The molecule has 0 spiro atoms. The number of nitrogens with zero attached hydrogens (tertiary/aromatic N) is 2. The highest BCUT2D eigenvalue weighted by Gasteiger charge is 2.49. The molecule has 29 heavy (non-hydrogen) atoms. The van der Waals surface area contributed by atoms with E-state index in [0.29, 0.717) is 10.9 Å². The number of amidine groups is 1. The lowest BCUT2D eigenvalue weighted by atomic mass is 10.1. The van der Waals surface area contributed by atoms with Crippen molar-refractivity contribution in [1.29, 1.82) is 0 Å². The molecule has 8 heteroatoms. The highest BCUT2D eigenvalue weighted by molar-refractivity contribution is 8.16. The number of anilines is 1. The zero-order chi connectivity index (χ0) is 20.6. The molecule has 2 fully saturated rings. The number of carbonyl (C=O) groups is 1. The summed E-state index contributed by atoms with van der Waals surface area (Å²) in [7, 11) is -1.50. The minimum atomic E-state index is -3.09. The molecule has 0 unspecified atom stereocenters. The molecular formula is C21H22N2O4S2. The predicted molar refractivity (Wildman–Crippen MR) is 117 cm³/mol. The van der Waals surface area contributed by atoms with Gasteiger partial charge in [-0.05, 0) is 36.8 Å². The molecule has 2 aromatic rings. The number of benzene rings is 2. The van der Waals surface area contributed by atoms with E-state index in [-0.39, 0.29) is 35.1 Å². The van der Waals surface area contributed by atoms with Crippen molar-refractivity contribution in [2.45, 2.75) is 24.6 Å². The maximum atomic E-state index is 12.6. The summed E-state index contributed by atoms with van der Waals surface area (Å²) < 4.78 is 29.5. The highest BCUT2D eigenvalue weighted by atomic mass is 32.2. The van der Waals surface area contributed by atoms with Gasteiger partial charge in [-0.1, -0.05) is 41.6 Å². The molecule has 0 saturated carbocycles. The molecular weight excluding hydrogens is 408 g/mol. The molecule has 0 radical (unpaired) electrons. The number of thioether (sulfide) groups is 1. The Morgan fingerprint density at radius 2 is 1.83 bits per heavy atom. The first kappa shape index (κ1) is 20.0. The van der Waals surface area contributed by atoms with E-state index in [4.69, 9.17) is 4.74 Å². The van der Waals surface area contributed by atoms with E-state index in [2.05, 4.69) is 4.99 Å². The number of rotatable bonds is 4. The Labute approximate surface area is 174 Å². The van der Waals surface area contributed by atoms with Gasteiger partial charge in [-0.25, -0.2) is 8.42 Å². The largest absolute Gasteiger partial charge is 0.497 e. The van der Waals surface area contributed by atoms with Gasteiger partial charge in [0.2, 0.25) is 0 Å². The monoisotopic (exact) mass is 430 g/mol. The van der Waals surface area contributed by atoms with Crippen molar-refractivity contribution < 1.29 is 17.9 Å². The average Bonchev–Trinajstić information content (AvgIpc) is 3.14. The fraction of sp³-hybridized carbons (Fsp3) is 0.333. The minimum absolute atomic E-state index is 0.0713. The average molecular weight is 431 g/mol. The Hall–Kier alpha value is -2.32. The van der Waals surface area contributed by atoms with Crippen LogP contribution in [0.4, 0.5) is 5.69 Å². The van der Waals surface area contributed by atoms with Gasteiger partial charge in [0.15, 0.2) is 15.0 Å². The van der Waals surface area contributed by atoms with Crippen LogP contribution < -0.4 is 9.64 Å². The third kappa shape index (κ3) is 4.33. The van der Waals surface area contributed by atoms with Gasteiger partial charge < -0.3 is 9.64 Å². The molecule has 2 atom stereocenters. The van der Waals surface area contributed by atoms with Crippen LogP contribution in [0.25, 0.3) is 0 Å². The van der Waals surface area contributed by atoms with Gasteiger partial charge >= 0.3 is 0 Å². The second-order valence-corrected chi connectivity index (χ2v) is 10.7. The Morgan fingerprint density at radius 1 is 1.14 bits per heavy atom. The quantitative estimate of drug-likeness (QED) is 0.743. The molecule has 2 aliphatic rings. The molecule has 2 heterocycles. The fourth-order valence-corrected chi connectivity index (χ4v) is 7.57. The summed E-state index contributed by atoms with van der Waals surface area (Å²) in [5.41, 5.74) is 2.86. The third-order valence-electron chi connectivity index (χ3n) is 5.11. The molecule has 6 nitrogen and oxygen atoms in total. The number of sulfone groups is 1. The molecule has 4 rings (SSSR count). The SMILES string of the molecule is COc1ccc(N2C(=NC(=O)Cc3ccc(C)cc3)S[C@@H]3CS(=O)(=O)C[C@H]32)cc1. The van der Waals surface area contributed by atoms with Crippen LogP contribution >= 0.6 is 11.8 Å². The van der Waals surface area contributed by atoms with Crippen LogP contribution in [-0.2, 0) is 21.1 Å². The van der Waals surface area contributed by atoms with Crippen LogP contribution in [0.5, 0.6) is 5.75 Å². The normalized spacial score (nSPS) is 23.9. The molecule has 0 N–H and O–H groups in total. The number of amides is 1. The van der Waals surface area contributed by atoms with Crippen LogP contribution in [0.3, 0.4) is 0 Å². The fourth-order valence-electron chi connectivity index (χ4n) is 3.64. The third-order valence-corrected chi connectivity index (χ3v) is 8.32. The van der Waals surface area contributed by atoms with Crippen molar-refractivity contribution in [3.63, 3.8) is 0 Å². The van der Waals surface area contributed by atoms with Gasteiger partial charge in [-0.3, -0.25) is 4.79 Å². The highest BCUT2D eigenvalue weighted by Crippen LogP contribution is 2.41. The lowest BCUT2D eigenvalue weighted by molar-refractivity contribution is -0.117. The summed E-state index contributed by atoms with van der Waals surface area (Å²) >= 11 is 1.38. The molecule has 2 aromatic carbocycles. The summed E-state index contributed by atoms with van der Waals surface area (Å²) in [6.07, 6.45) is 0.217. The van der Waals surface area contributed by atoms with E-state index >= 15 is 0 Å². The number of methoxy groups -OCH3 is 1. The van der Waals surface area contributed by atoms with Crippen molar-refractivity contribution in [2.75, 3.05) is 23.5 Å². The maximum Gasteiger partial charge on any atom is 0.252 e. The summed E-state index contributed by atoms with van der Waals surface area (Å²) in [4.78, 5) is 18.9. The molecule has 0 aromatic heterocycles. The van der Waals surface area contributed by atoms with E-state index in [1.54, 1.807) is 7.11 Å². The molecule has 0 aliphatic carbocycles.